The zero-order valence-electron chi connectivity index (χ0n) is 13.2. The summed E-state index contributed by atoms with van der Waals surface area (Å²) in [7, 11) is 1.71. The lowest BCUT2D eigenvalue weighted by atomic mass is 10.0. The number of aromatic nitrogens is 1. The standard InChI is InChI=1S/C17H21N3O2S/c1-22-15-7-3-2-5-13(15)14-6-4-10-20(14)11-8-16(21)19-17-18-9-12-23-17/h2-3,5,7,9,12,14H,4,6,8,10-11H2,1H3,(H,18,19,21). The van der Waals surface area contributed by atoms with Crippen LogP contribution in [0.5, 0.6) is 5.75 Å². The number of likely N-dealkylation sites (tertiary alicyclic amines) is 1. The molecule has 5 nitrogen and oxygen atoms in total. The molecule has 1 amide bonds. The third-order valence-corrected chi connectivity index (χ3v) is 4.85. The van der Waals surface area contributed by atoms with Crippen LogP contribution in [0.25, 0.3) is 0 Å². The number of nitrogens with zero attached hydrogens (tertiary/aromatic N) is 2. The van der Waals surface area contributed by atoms with Crippen molar-refractivity contribution in [2.75, 3.05) is 25.5 Å². The first-order valence-corrected chi connectivity index (χ1v) is 8.72. The average molecular weight is 331 g/mol. The lowest BCUT2D eigenvalue weighted by molar-refractivity contribution is -0.116. The monoisotopic (exact) mass is 331 g/mol. The van der Waals surface area contributed by atoms with Crippen molar-refractivity contribution in [2.45, 2.75) is 25.3 Å². The maximum atomic E-state index is 12.0. The first kappa shape index (κ1) is 16.0. The number of ether oxygens (including phenoxy) is 1. The minimum Gasteiger partial charge on any atom is -0.496 e. The zero-order valence-corrected chi connectivity index (χ0v) is 14.0. The van der Waals surface area contributed by atoms with E-state index in [-0.39, 0.29) is 5.91 Å². The van der Waals surface area contributed by atoms with Crippen molar-refractivity contribution in [3.05, 3.63) is 41.4 Å². The number of anilines is 1. The Morgan fingerprint density at radius 2 is 2.35 bits per heavy atom. The molecule has 3 rings (SSSR count). The summed E-state index contributed by atoms with van der Waals surface area (Å²) in [5.41, 5.74) is 1.22. The molecule has 6 heteroatoms. The molecule has 1 aromatic heterocycles. The predicted molar refractivity (Wildman–Crippen MR) is 91.9 cm³/mol. The van der Waals surface area contributed by atoms with E-state index in [4.69, 9.17) is 4.74 Å². The fraction of sp³-hybridized carbons (Fsp3) is 0.412. The Bertz CT molecular complexity index is 645. The van der Waals surface area contributed by atoms with E-state index in [9.17, 15) is 4.79 Å². The van der Waals surface area contributed by atoms with E-state index in [0.717, 1.165) is 31.7 Å². The molecule has 1 saturated heterocycles. The SMILES string of the molecule is COc1ccccc1C1CCCN1CCC(=O)Nc1nccs1. The fourth-order valence-electron chi connectivity index (χ4n) is 3.10. The van der Waals surface area contributed by atoms with Gasteiger partial charge in [0.2, 0.25) is 5.91 Å². The molecule has 0 bridgehead atoms. The number of carbonyl (C=O) groups excluding carboxylic acids is 1. The smallest absolute Gasteiger partial charge is 0.227 e. The van der Waals surface area contributed by atoms with Crippen molar-refractivity contribution in [3.63, 3.8) is 0 Å². The van der Waals surface area contributed by atoms with Gasteiger partial charge in [0.05, 0.1) is 7.11 Å². The van der Waals surface area contributed by atoms with E-state index >= 15 is 0 Å². The molecule has 0 spiro atoms. The summed E-state index contributed by atoms with van der Waals surface area (Å²) in [5, 5.41) is 5.36. The molecule has 1 atom stereocenters. The van der Waals surface area contributed by atoms with Crippen LogP contribution < -0.4 is 10.1 Å². The van der Waals surface area contributed by atoms with Gasteiger partial charge in [-0.15, -0.1) is 11.3 Å². The number of methoxy groups -OCH3 is 1. The predicted octanol–water partition coefficient (Wildman–Crippen LogP) is 3.32. The van der Waals surface area contributed by atoms with E-state index in [1.165, 1.54) is 16.9 Å². The molecule has 1 aliphatic rings. The van der Waals surface area contributed by atoms with Crippen LogP contribution in [0.3, 0.4) is 0 Å². The molecule has 23 heavy (non-hydrogen) atoms. The molecule has 2 aromatic rings. The molecular formula is C17H21N3O2S. The molecule has 2 heterocycles. The highest BCUT2D eigenvalue weighted by Crippen LogP contribution is 2.36. The van der Waals surface area contributed by atoms with E-state index in [2.05, 4.69) is 21.3 Å². The summed E-state index contributed by atoms with van der Waals surface area (Å²) < 4.78 is 5.49. The van der Waals surface area contributed by atoms with Crippen molar-refractivity contribution in [1.82, 2.24) is 9.88 Å². The lowest BCUT2D eigenvalue weighted by Crippen LogP contribution is -2.28. The second-order valence-corrected chi connectivity index (χ2v) is 6.47. The average Bonchev–Trinajstić information content (AvgIpc) is 3.24. The Balaban J connectivity index is 1.60. The summed E-state index contributed by atoms with van der Waals surface area (Å²) in [4.78, 5) is 18.5. The van der Waals surface area contributed by atoms with E-state index in [0.29, 0.717) is 17.6 Å². The van der Waals surface area contributed by atoms with Gasteiger partial charge in [0, 0.05) is 36.1 Å². The highest BCUT2D eigenvalue weighted by atomic mass is 32.1. The maximum absolute atomic E-state index is 12.0. The van der Waals surface area contributed by atoms with Gasteiger partial charge < -0.3 is 10.1 Å². The van der Waals surface area contributed by atoms with Crippen LogP contribution >= 0.6 is 11.3 Å². The number of hydrogen-bond donors (Lipinski definition) is 1. The number of benzene rings is 1. The number of carbonyl (C=O) groups is 1. The third kappa shape index (κ3) is 3.89. The summed E-state index contributed by atoms with van der Waals surface area (Å²) in [6, 6.07) is 8.49. The van der Waals surface area contributed by atoms with Crippen LogP contribution in [-0.2, 0) is 4.79 Å². The maximum Gasteiger partial charge on any atom is 0.227 e. The summed E-state index contributed by atoms with van der Waals surface area (Å²) in [6.07, 6.45) is 4.43. The second kappa shape index (κ2) is 7.57. The normalized spacial score (nSPS) is 18.0. The molecule has 0 radical (unpaired) electrons. The summed E-state index contributed by atoms with van der Waals surface area (Å²) in [6.45, 7) is 1.77. The molecule has 1 aliphatic heterocycles. The largest absolute Gasteiger partial charge is 0.496 e. The van der Waals surface area contributed by atoms with E-state index in [1.807, 2.05) is 23.6 Å². The number of rotatable bonds is 6. The van der Waals surface area contributed by atoms with Gasteiger partial charge in [-0.25, -0.2) is 4.98 Å². The van der Waals surface area contributed by atoms with Crippen molar-refractivity contribution in [2.24, 2.45) is 0 Å². The molecule has 1 N–H and O–H groups in total. The van der Waals surface area contributed by atoms with Crippen molar-refractivity contribution >= 4 is 22.4 Å². The van der Waals surface area contributed by atoms with E-state index < -0.39 is 0 Å². The highest BCUT2D eigenvalue weighted by Gasteiger charge is 2.28. The van der Waals surface area contributed by atoms with Gasteiger partial charge in [-0.1, -0.05) is 18.2 Å². The van der Waals surface area contributed by atoms with Crippen LogP contribution in [0.4, 0.5) is 5.13 Å². The minimum atomic E-state index is 0.0191. The quantitative estimate of drug-likeness (QED) is 0.882. The minimum absolute atomic E-state index is 0.0191. The van der Waals surface area contributed by atoms with Gasteiger partial charge in [0.15, 0.2) is 5.13 Å². The van der Waals surface area contributed by atoms with Crippen LogP contribution in [-0.4, -0.2) is 36.0 Å². The number of hydrogen-bond acceptors (Lipinski definition) is 5. The van der Waals surface area contributed by atoms with Crippen molar-refractivity contribution < 1.29 is 9.53 Å². The van der Waals surface area contributed by atoms with Gasteiger partial charge in [-0.05, 0) is 25.5 Å². The molecule has 1 aromatic carbocycles. The van der Waals surface area contributed by atoms with Gasteiger partial charge in [0.25, 0.3) is 0 Å². The summed E-state index contributed by atoms with van der Waals surface area (Å²) >= 11 is 1.44. The third-order valence-electron chi connectivity index (χ3n) is 4.17. The van der Waals surface area contributed by atoms with Crippen LogP contribution in [0, 0.1) is 0 Å². The number of amides is 1. The van der Waals surface area contributed by atoms with Gasteiger partial charge >= 0.3 is 0 Å². The number of thiazole rings is 1. The number of para-hydroxylation sites is 1. The Morgan fingerprint density at radius 1 is 1.48 bits per heavy atom. The molecule has 122 valence electrons. The fourth-order valence-corrected chi connectivity index (χ4v) is 3.64. The van der Waals surface area contributed by atoms with Gasteiger partial charge in [-0.3, -0.25) is 9.69 Å². The Kier molecular flexibility index (Phi) is 5.25. The molecule has 0 saturated carbocycles. The van der Waals surface area contributed by atoms with Gasteiger partial charge in [0.1, 0.15) is 5.75 Å². The molecular weight excluding hydrogens is 310 g/mol. The second-order valence-electron chi connectivity index (χ2n) is 5.57. The lowest BCUT2D eigenvalue weighted by Gasteiger charge is -2.25. The first-order valence-electron chi connectivity index (χ1n) is 7.84. The van der Waals surface area contributed by atoms with Gasteiger partial charge in [-0.2, -0.15) is 0 Å². The highest BCUT2D eigenvalue weighted by molar-refractivity contribution is 7.13. The Morgan fingerprint density at radius 3 is 3.13 bits per heavy atom. The topological polar surface area (TPSA) is 54.5 Å². The molecule has 1 unspecified atom stereocenters. The Labute approximate surface area is 140 Å². The first-order chi connectivity index (χ1) is 11.3. The molecule has 1 fully saturated rings. The Hall–Kier alpha value is -1.92. The van der Waals surface area contributed by atoms with Crippen molar-refractivity contribution in [3.8, 4) is 5.75 Å². The molecule has 0 aliphatic carbocycles. The summed E-state index contributed by atoms with van der Waals surface area (Å²) in [5.74, 6) is 0.947. The zero-order chi connectivity index (χ0) is 16.1. The van der Waals surface area contributed by atoms with Crippen LogP contribution in [0.2, 0.25) is 0 Å². The van der Waals surface area contributed by atoms with E-state index in [1.54, 1.807) is 13.3 Å². The number of nitrogens with one attached hydrogen (secondary N) is 1. The van der Waals surface area contributed by atoms with Crippen LogP contribution in [0.15, 0.2) is 35.8 Å². The van der Waals surface area contributed by atoms with Crippen LogP contribution in [0.1, 0.15) is 30.9 Å². The van der Waals surface area contributed by atoms with Crippen molar-refractivity contribution in [1.29, 1.82) is 0 Å².